The van der Waals surface area contributed by atoms with Crippen LogP contribution in [0.5, 0.6) is 0 Å². The summed E-state index contributed by atoms with van der Waals surface area (Å²) in [5.74, 6) is 0. The number of nitrogens with zero attached hydrogens (tertiary/aromatic N) is 1. The number of hydrogen-bond donors (Lipinski definition) is 0. The van der Waals surface area contributed by atoms with E-state index in [0.29, 0.717) is 4.90 Å². The minimum atomic E-state index is -3.45. The molecule has 1 atom stereocenters. The summed E-state index contributed by atoms with van der Waals surface area (Å²) in [4.78, 5) is 0.357. The van der Waals surface area contributed by atoms with Crippen LogP contribution in [-0.2, 0) is 16.4 Å². The average Bonchev–Trinajstić information content (AvgIpc) is 2.54. The SMILES string of the molecule is CN(C1CCCc2ccccc21)S(=O)(=O)c1ccccc1. The molecule has 2 aromatic carbocycles. The van der Waals surface area contributed by atoms with Gasteiger partial charge in [-0.3, -0.25) is 0 Å². The van der Waals surface area contributed by atoms with Gasteiger partial charge in [0.2, 0.25) is 10.0 Å². The number of fused-ring (bicyclic) bond motifs is 1. The van der Waals surface area contributed by atoms with Gasteiger partial charge in [-0.05, 0) is 42.5 Å². The maximum Gasteiger partial charge on any atom is 0.243 e. The highest BCUT2D eigenvalue weighted by atomic mass is 32.2. The number of sulfonamides is 1. The van der Waals surface area contributed by atoms with Gasteiger partial charge in [-0.2, -0.15) is 4.31 Å². The molecular weight excluding hydrogens is 282 g/mol. The summed E-state index contributed by atoms with van der Waals surface area (Å²) in [6.45, 7) is 0. The van der Waals surface area contributed by atoms with Crippen molar-refractivity contribution in [3.8, 4) is 0 Å². The van der Waals surface area contributed by atoms with E-state index in [1.54, 1.807) is 31.3 Å². The molecule has 0 saturated heterocycles. The van der Waals surface area contributed by atoms with Crippen LogP contribution in [0.4, 0.5) is 0 Å². The smallest absolute Gasteiger partial charge is 0.207 e. The molecule has 0 aromatic heterocycles. The third-order valence-electron chi connectivity index (χ3n) is 4.20. The molecule has 0 spiro atoms. The zero-order valence-electron chi connectivity index (χ0n) is 12.1. The summed E-state index contributed by atoms with van der Waals surface area (Å²) in [5, 5.41) is 0. The van der Waals surface area contributed by atoms with Crippen LogP contribution in [0.2, 0.25) is 0 Å². The Labute approximate surface area is 126 Å². The second kappa shape index (κ2) is 5.62. The Morgan fingerprint density at radius 3 is 2.43 bits per heavy atom. The largest absolute Gasteiger partial charge is 0.243 e. The molecule has 0 radical (unpaired) electrons. The highest BCUT2D eigenvalue weighted by Gasteiger charge is 2.31. The number of rotatable bonds is 3. The van der Waals surface area contributed by atoms with E-state index < -0.39 is 10.0 Å². The van der Waals surface area contributed by atoms with E-state index in [1.165, 1.54) is 9.87 Å². The lowest BCUT2D eigenvalue weighted by Crippen LogP contribution is -2.33. The molecule has 0 amide bonds. The van der Waals surface area contributed by atoms with E-state index in [-0.39, 0.29) is 6.04 Å². The maximum atomic E-state index is 12.8. The van der Waals surface area contributed by atoms with E-state index in [9.17, 15) is 8.42 Å². The van der Waals surface area contributed by atoms with Crippen molar-refractivity contribution in [3.63, 3.8) is 0 Å². The highest BCUT2D eigenvalue weighted by Crippen LogP contribution is 2.36. The third kappa shape index (κ3) is 2.61. The second-order valence-corrected chi connectivity index (χ2v) is 7.44. The molecule has 0 bridgehead atoms. The lowest BCUT2D eigenvalue weighted by molar-refractivity contribution is 0.337. The molecule has 110 valence electrons. The minimum absolute atomic E-state index is 0.0693. The first kappa shape index (κ1) is 14.3. The number of aryl methyl sites for hydroxylation is 1. The van der Waals surface area contributed by atoms with Gasteiger partial charge in [-0.15, -0.1) is 0 Å². The van der Waals surface area contributed by atoms with Gasteiger partial charge < -0.3 is 0 Å². The van der Waals surface area contributed by atoms with Crippen molar-refractivity contribution >= 4 is 10.0 Å². The summed E-state index contributed by atoms with van der Waals surface area (Å²) in [6.07, 6.45) is 2.93. The molecule has 2 aromatic rings. The van der Waals surface area contributed by atoms with Crippen LogP contribution in [0.25, 0.3) is 0 Å². The molecule has 1 unspecified atom stereocenters. The third-order valence-corrected chi connectivity index (χ3v) is 6.08. The molecule has 1 aliphatic carbocycles. The second-order valence-electron chi connectivity index (χ2n) is 5.44. The zero-order chi connectivity index (χ0) is 14.9. The molecule has 0 fully saturated rings. The van der Waals surface area contributed by atoms with Crippen molar-refractivity contribution < 1.29 is 8.42 Å². The Morgan fingerprint density at radius 2 is 1.67 bits per heavy atom. The van der Waals surface area contributed by atoms with Crippen LogP contribution >= 0.6 is 0 Å². The number of hydrogen-bond acceptors (Lipinski definition) is 2. The molecule has 0 saturated carbocycles. The normalized spacial score (nSPS) is 18.5. The summed E-state index contributed by atoms with van der Waals surface area (Å²) in [7, 11) is -1.76. The standard InChI is InChI=1S/C17H19NO2S/c1-18(21(19,20)15-10-3-2-4-11-15)17-13-7-9-14-8-5-6-12-16(14)17/h2-6,8,10-12,17H,7,9,13H2,1H3. The van der Waals surface area contributed by atoms with Gasteiger partial charge in [-0.25, -0.2) is 8.42 Å². The lowest BCUT2D eigenvalue weighted by atomic mass is 9.88. The van der Waals surface area contributed by atoms with Gasteiger partial charge in [0.1, 0.15) is 0 Å². The van der Waals surface area contributed by atoms with Gasteiger partial charge in [0.15, 0.2) is 0 Å². The average molecular weight is 301 g/mol. The van der Waals surface area contributed by atoms with Crippen molar-refractivity contribution in [2.75, 3.05) is 7.05 Å². The van der Waals surface area contributed by atoms with Crippen LogP contribution < -0.4 is 0 Å². The van der Waals surface area contributed by atoms with E-state index in [4.69, 9.17) is 0 Å². The van der Waals surface area contributed by atoms with Crippen LogP contribution in [-0.4, -0.2) is 19.8 Å². The highest BCUT2D eigenvalue weighted by molar-refractivity contribution is 7.89. The Kier molecular flexibility index (Phi) is 3.83. The summed E-state index contributed by atoms with van der Waals surface area (Å²) in [5.41, 5.74) is 2.41. The van der Waals surface area contributed by atoms with Crippen molar-refractivity contribution in [1.29, 1.82) is 0 Å². The van der Waals surface area contributed by atoms with Gasteiger partial charge in [0.25, 0.3) is 0 Å². The Balaban J connectivity index is 1.99. The molecule has 3 rings (SSSR count). The fourth-order valence-corrected chi connectivity index (χ4v) is 4.42. The quantitative estimate of drug-likeness (QED) is 0.871. The molecule has 4 heteroatoms. The van der Waals surface area contributed by atoms with Crippen molar-refractivity contribution in [3.05, 3.63) is 65.7 Å². The Bertz CT molecular complexity index is 725. The molecule has 1 aliphatic rings. The molecule has 3 nitrogen and oxygen atoms in total. The molecule has 21 heavy (non-hydrogen) atoms. The van der Waals surface area contributed by atoms with Crippen molar-refractivity contribution in [2.24, 2.45) is 0 Å². The van der Waals surface area contributed by atoms with E-state index in [1.807, 2.05) is 18.2 Å². The zero-order valence-corrected chi connectivity index (χ0v) is 12.9. The number of benzene rings is 2. The van der Waals surface area contributed by atoms with Crippen LogP contribution in [0.1, 0.15) is 30.0 Å². The summed E-state index contributed by atoms with van der Waals surface area (Å²) in [6, 6.07) is 16.7. The molecule has 0 heterocycles. The Morgan fingerprint density at radius 1 is 1.00 bits per heavy atom. The van der Waals surface area contributed by atoms with Crippen LogP contribution in [0.3, 0.4) is 0 Å². The molecular formula is C17H19NO2S. The first-order valence-corrected chi connectivity index (χ1v) is 8.65. The first-order valence-electron chi connectivity index (χ1n) is 7.21. The lowest BCUT2D eigenvalue weighted by Gasteiger charge is -2.32. The van der Waals surface area contributed by atoms with Crippen molar-refractivity contribution in [2.45, 2.75) is 30.2 Å². The van der Waals surface area contributed by atoms with Crippen molar-refractivity contribution in [1.82, 2.24) is 4.31 Å². The summed E-state index contributed by atoms with van der Waals surface area (Å²) >= 11 is 0. The topological polar surface area (TPSA) is 37.4 Å². The minimum Gasteiger partial charge on any atom is -0.207 e. The first-order chi connectivity index (χ1) is 10.1. The van der Waals surface area contributed by atoms with Gasteiger partial charge in [0.05, 0.1) is 4.90 Å². The summed E-state index contributed by atoms with van der Waals surface area (Å²) < 4.78 is 27.1. The predicted molar refractivity (Wildman–Crippen MR) is 83.5 cm³/mol. The fourth-order valence-electron chi connectivity index (χ4n) is 3.03. The molecule has 0 aliphatic heterocycles. The fraction of sp³-hybridized carbons (Fsp3) is 0.294. The van der Waals surface area contributed by atoms with Gasteiger partial charge in [-0.1, -0.05) is 42.5 Å². The predicted octanol–water partition coefficient (Wildman–Crippen LogP) is 3.38. The molecule has 0 N–H and O–H groups in total. The monoisotopic (exact) mass is 301 g/mol. The van der Waals surface area contributed by atoms with Gasteiger partial charge in [0, 0.05) is 13.1 Å². The van der Waals surface area contributed by atoms with E-state index in [0.717, 1.165) is 24.8 Å². The van der Waals surface area contributed by atoms with Gasteiger partial charge >= 0.3 is 0 Å². The van der Waals surface area contributed by atoms with E-state index in [2.05, 4.69) is 12.1 Å². The Hall–Kier alpha value is -1.65. The maximum absolute atomic E-state index is 12.8. The van der Waals surface area contributed by atoms with E-state index >= 15 is 0 Å². The van der Waals surface area contributed by atoms with Crippen LogP contribution in [0, 0.1) is 0 Å². The van der Waals surface area contributed by atoms with Crippen LogP contribution in [0.15, 0.2) is 59.5 Å².